The summed E-state index contributed by atoms with van der Waals surface area (Å²) in [6.07, 6.45) is 4.29. The summed E-state index contributed by atoms with van der Waals surface area (Å²) < 4.78 is 12.6. The fourth-order valence-electron chi connectivity index (χ4n) is 3.27. The maximum absolute atomic E-state index is 8.95. The van der Waals surface area contributed by atoms with Gasteiger partial charge >= 0.3 is 0 Å². The number of nitrogens with zero attached hydrogens (tertiary/aromatic N) is 4. The molecule has 0 saturated heterocycles. The van der Waals surface area contributed by atoms with Gasteiger partial charge in [0.05, 0.1) is 29.6 Å². The van der Waals surface area contributed by atoms with Crippen molar-refractivity contribution in [3.63, 3.8) is 0 Å². The largest absolute Gasteiger partial charge is 0.462 e. The average molecular weight is 415 g/mol. The fourth-order valence-corrected chi connectivity index (χ4v) is 4.10. The maximum Gasteiger partial charge on any atom is 0.229 e. The summed E-state index contributed by atoms with van der Waals surface area (Å²) in [4.78, 5) is 5.46. The fraction of sp³-hybridized carbons (Fsp3) is 0.136. The third-order valence-electron chi connectivity index (χ3n) is 4.77. The van der Waals surface area contributed by atoms with Crippen LogP contribution < -0.4 is 5.32 Å². The molecule has 1 aliphatic rings. The Balaban J connectivity index is 1.37. The second-order valence-electron chi connectivity index (χ2n) is 6.79. The van der Waals surface area contributed by atoms with Crippen LogP contribution in [-0.4, -0.2) is 27.4 Å². The van der Waals surface area contributed by atoms with E-state index in [0.29, 0.717) is 5.56 Å². The first kappa shape index (κ1) is 18.2. The molecule has 1 N–H and O–H groups in total. The summed E-state index contributed by atoms with van der Waals surface area (Å²) in [5.74, 6) is 0.755. The molecule has 2 aromatic heterocycles. The van der Waals surface area contributed by atoms with Gasteiger partial charge < -0.3 is 14.8 Å². The van der Waals surface area contributed by atoms with Crippen molar-refractivity contribution in [1.82, 2.24) is 14.6 Å². The first-order chi connectivity index (χ1) is 14.8. The number of fused-ring (bicyclic) bond motifs is 1. The number of aromatic nitrogens is 3. The standard InChI is InChI=1S/C22H17N5O2S/c23-11-16-6-8-17(9-7-16)19-12-27-22(25-19)30-21(26-27)24-18(20-13-28-14-29-20)10-15-4-2-1-3-5-15/h1-9,12-13,18H,10,14H2,(H,24,26). The molecule has 30 heavy (non-hydrogen) atoms. The first-order valence-corrected chi connectivity index (χ1v) is 10.2. The number of nitrogens with one attached hydrogen (secondary N) is 1. The van der Waals surface area contributed by atoms with E-state index in [0.717, 1.165) is 33.5 Å². The lowest BCUT2D eigenvalue weighted by Gasteiger charge is -2.17. The first-order valence-electron chi connectivity index (χ1n) is 9.40. The van der Waals surface area contributed by atoms with Crippen LogP contribution in [0.4, 0.5) is 5.13 Å². The minimum atomic E-state index is -0.0937. The highest BCUT2D eigenvalue weighted by Crippen LogP contribution is 2.27. The molecule has 0 aliphatic carbocycles. The third-order valence-corrected chi connectivity index (χ3v) is 5.62. The molecular weight excluding hydrogens is 398 g/mol. The van der Waals surface area contributed by atoms with E-state index < -0.39 is 0 Å². The van der Waals surface area contributed by atoms with Crippen LogP contribution in [0.2, 0.25) is 0 Å². The number of hydrogen-bond acceptors (Lipinski definition) is 7. The van der Waals surface area contributed by atoms with Crippen LogP contribution in [0.3, 0.4) is 0 Å². The van der Waals surface area contributed by atoms with E-state index in [-0.39, 0.29) is 12.8 Å². The zero-order valence-electron chi connectivity index (χ0n) is 15.9. The van der Waals surface area contributed by atoms with Gasteiger partial charge in [-0.15, -0.1) is 5.10 Å². The molecule has 0 amide bonds. The molecule has 148 valence electrons. The molecule has 0 radical (unpaired) electrons. The van der Waals surface area contributed by atoms with E-state index in [9.17, 15) is 0 Å². The maximum atomic E-state index is 8.95. The number of nitriles is 1. The van der Waals surface area contributed by atoms with Crippen molar-refractivity contribution in [1.29, 1.82) is 5.26 Å². The molecule has 0 bridgehead atoms. The Hall–Kier alpha value is -3.83. The van der Waals surface area contributed by atoms with Crippen LogP contribution in [0.1, 0.15) is 11.1 Å². The van der Waals surface area contributed by atoms with Gasteiger partial charge in [0.1, 0.15) is 6.26 Å². The summed E-state index contributed by atoms with van der Waals surface area (Å²) in [6.45, 7) is 0.234. The molecular formula is C22H17N5O2S. The van der Waals surface area contributed by atoms with Crippen LogP contribution in [0.5, 0.6) is 0 Å². The monoisotopic (exact) mass is 415 g/mol. The van der Waals surface area contributed by atoms with Crippen molar-refractivity contribution in [2.75, 3.05) is 12.1 Å². The topological polar surface area (TPSA) is 84.5 Å². The van der Waals surface area contributed by atoms with E-state index >= 15 is 0 Å². The van der Waals surface area contributed by atoms with E-state index in [1.165, 1.54) is 16.9 Å². The normalized spacial score (nSPS) is 13.9. The molecule has 4 aromatic rings. The Morgan fingerprint density at radius 2 is 2.00 bits per heavy atom. The molecule has 1 aliphatic heterocycles. The van der Waals surface area contributed by atoms with Gasteiger partial charge in [-0.25, -0.2) is 9.50 Å². The number of hydrogen-bond donors (Lipinski definition) is 1. The number of anilines is 1. The smallest absolute Gasteiger partial charge is 0.229 e. The summed E-state index contributed by atoms with van der Waals surface area (Å²) >= 11 is 1.47. The van der Waals surface area contributed by atoms with Gasteiger partial charge in [0.2, 0.25) is 16.9 Å². The summed E-state index contributed by atoms with van der Waals surface area (Å²) in [5.41, 5.74) is 3.59. The number of rotatable bonds is 6. The lowest BCUT2D eigenvalue weighted by atomic mass is 10.1. The molecule has 5 rings (SSSR count). The third kappa shape index (κ3) is 3.71. The van der Waals surface area contributed by atoms with Gasteiger partial charge in [0.15, 0.2) is 5.76 Å². The SMILES string of the molecule is N#Cc1ccc(-c2cn3nc(NC(Cc4ccccc4)C4=COCO4)sc3n2)cc1. The number of imidazole rings is 1. The molecule has 3 heterocycles. The predicted molar refractivity (Wildman–Crippen MR) is 114 cm³/mol. The Morgan fingerprint density at radius 3 is 2.70 bits per heavy atom. The second kappa shape index (κ2) is 7.89. The van der Waals surface area contributed by atoms with E-state index in [2.05, 4.69) is 33.6 Å². The quantitative estimate of drug-likeness (QED) is 0.508. The Morgan fingerprint density at radius 1 is 1.17 bits per heavy atom. The van der Waals surface area contributed by atoms with Crippen LogP contribution in [0.15, 0.2) is 72.8 Å². The molecule has 0 saturated carbocycles. The zero-order chi connectivity index (χ0) is 20.3. The molecule has 2 aromatic carbocycles. The minimum Gasteiger partial charge on any atom is -0.462 e. The Labute approximate surface area is 176 Å². The lowest BCUT2D eigenvalue weighted by molar-refractivity contribution is 0.0764. The summed E-state index contributed by atoms with van der Waals surface area (Å²) in [6, 6.07) is 19.6. The van der Waals surface area contributed by atoms with Gasteiger partial charge in [-0.05, 0) is 24.1 Å². The van der Waals surface area contributed by atoms with Gasteiger partial charge in [-0.2, -0.15) is 5.26 Å². The Kier molecular flexibility index (Phi) is 4.79. The van der Waals surface area contributed by atoms with Crippen molar-refractivity contribution in [2.24, 2.45) is 0 Å². The van der Waals surface area contributed by atoms with Crippen molar-refractivity contribution >= 4 is 21.4 Å². The van der Waals surface area contributed by atoms with Gasteiger partial charge in [-0.1, -0.05) is 53.8 Å². The van der Waals surface area contributed by atoms with Crippen LogP contribution in [0, 0.1) is 11.3 Å². The lowest BCUT2D eigenvalue weighted by Crippen LogP contribution is -2.25. The van der Waals surface area contributed by atoms with Gasteiger partial charge in [-0.3, -0.25) is 0 Å². The number of benzene rings is 2. The van der Waals surface area contributed by atoms with Crippen molar-refractivity contribution in [2.45, 2.75) is 12.5 Å². The van der Waals surface area contributed by atoms with Gasteiger partial charge in [0.25, 0.3) is 0 Å². The van der Waals surface area contributed by atoms with Gasteiger partial charge in [0, 0.05) is 5.56 Å². The van der Waals surface area contributed by atoms with E-state index in [1.54, 1.807) is 22.9 Å². The predicted octanol–water partition coefficient (Wildman–Crippen LogP) is 4.20. The van der Waals surface area contributed by atoms with Crippen molar-refractivity contribution in [3.05, 3.63) is 83.9 Å². The van der Waals surface area contributed by atoms with Crippen LogP contribution >= 0.6 is 11.3 Å². The minimum absolute atomic E-state index is 0.0937. The van der Waals surface area contributed by atoms with Crippen molar-refractivity contribution < 1.29 is 9.47 Å². The highest BCUT2D eigenvalue weighted by molar-refractivity contribution is 7.20. The van der Waals surface area contributed by atoms with E-state index in [4.69, 9.17) is 14.7 Å². The Bertz CT molecular complexity index is 1210. The average Bonchev–Trinajstić information content (AvgIpc) is 3.51. The molecule has 0 fully saturated rings. The molecule has 1 atom stereocenters. The van der Waals surface area contributed by atoms with Crippen LogP contribution in [-0.2, 0) is 15.9 Å². The highest BCUT2D eigenvalue weighted by Gasteiger charge is 2.22. The zero-order valence-corrected chi connectivity index (χ0v) is 16.7. The molecule has 7 nitrogen and oxygen atoms in total. The second-order valence-corrected chi connectivity index (χ2v) is 7.74. The number of ether oxygens (including phenoxy) is 2. The summed E-state index contributed by atoms with van der Waals surface area (Å²) in [7, 11) is 0. The molecule has 0 spiro atoms. The highest BCUT2D eigenvalue weighted by atomic mass is 32.1. The van der Waals surface area contributed by atoms with E-state index in [1.807, 2.05) is 36.5 Å². The molecule has 8 heteroatoms. The molecule has 1 unspecified atom stereocenters. The van der Waals surface area contributed by atoms with Crippen LogP contribution in [0.25, 0.3) is 16.2 Å². The van der Waals surface area contributed by atoms with Crippen molar-refractivity contribution in [3.8, 4) is 17.3 Å². The summed E-state index contributed by atoms with van der Waals surface area (Å²) in [5, 5.41) is 17.8.